The van der Waals surface area contributed by atoms with E-state index in [1.165, 1.54) is 13.2 Å². The molecular formula is C27H34O7. The SMILES string of the molecule is COC(=O)C12CCC(=O)C=C1C(OC(=O)[C@@H](OC1CCCCO1)c1ccccc1)CCC2(C)C. The van der Waals surface area contributed by atoms with Crippen molar-refractivity contribution in [3.8, 4) is 0 Å². The van der Waals surface area contributed by atoms with Gasteiger partial charge in [0, 0.05) is 13.0 Å². The van der Waals surface area contributed by atoms with E-state index < -0.39 is 35.3 Å². The first-order valence-corrected chi connectivity index (χ1v) is 12.1. The lowest BCUT2D eigenvalue weighted by Gasteiger charge is -2.53. The Hall–Kier alpha value is -2.51. The minimum absolute atomic E-state index is 0.0697. The first-order valence-electron chi connectivity index (χ1n) is 12.1. The number of hydrogen-bond acceptors (Lipinski definition) is 7. The molecule has 0 aromatic heterocycles. The molecule has 2 fully saturated rings. The van der Waals surface area contributed by atoms with Gasteiger partial charge in [0.1, 0.15) is 6.10 Å². The van der Waals surface area contributed by atoms with E-state index in [4.69, 9.17) is 18.9 Å². The molecule has 184 valence electrons. The molecule has 4 atom stereocenters. The Morgan fingerprint density at radius 2 is 1.85 bits per heavy atom. The van der Waals surface area contributed by atoms with Crippen molar-refractivity contribution in [1.29, 1.82) is 0 Å². The highest BCUT2D eigenvalue weighted by Crippen LogP contribution is 2.58. The standard InChI is InChI=1S/C27H34O7/c1-26(2)14-13-21(20-17-19(28)12-15-27(20,26)25(30)31-3)33-24(29)23(18-9-5-4-6-10-18)34-22-11-7-8-16-32-22/h4-6,9-10,17,21-23H,7-8,11-16H2,1-3H3/t21?,22?,23-,27?/m0/s1. The maximum atomic E-state index is 13.5. The largest absolute Gasteiger partial charge is 0.468 e. The van der Waals surface area contributed by atoms with Crippen LogP contribution >= 0.6 is 0 Å². The van der Waals surface area contributed by atoms with Crippen molar-refractivity contribution < 1.29 is 33.3 Å². The summed E-state index contributed by atoms with van der Waals surface area (Å²) in [7, 11) is 1.36. The number of benzene rings is 1. The normalized spacial score (nSPS) is 29.4. The van der Waals surface area contributed by atoms with Gasteiger partial charge in [-0.15, -0.1) is 0 Å². The molecule has 1 heterocycles. The van der Waals surface area contributed by atoms with Crippen molar-refractivity contribution in [3.63, 3.8) is 0 Å². The third kappa shape index (κ3) is 4.56. The maximum absolute atomic E-state index is 13.5. The average molecular weight is 471 g/mol. The smallest absolute Gasteiger partial charge is 0.340 e. The monoisotopic (exact) mass is 470 g/mol. The van der Waals surface area contributed by atoms with Crippen molar-refractivity contribution in [3.05, 3.63) is 47.5 Å². The molecule has 7 nitrogen and oxygen atoms in total. The molecule has 0 bridgehead atoms. The zero-order chi connectivity index (χ0) is 24.3. The average Bonchev–Trinajstić information content (AvgIpc) is 2.85. The van der Waals surface area contributed by atoms with Crippen LogP contribution in [0.15, 0.2) is 42.0 Å². The van der Waals surface area contributed by atoms with E-state index in [-0.39, 0.29) is 18.2 Å². The van der Waals surface area contributed by atoms with Crippen LogP contribution < -0.4 is 0 Å². The van der Waals surface area contributed by atoms with Gasteiger partial charge in [-0.3, -0.25) is 9.59 Å². The molecule has 1 saturated carbocycles. The second-order valence-electron chi connectivity index (χ2n) is 10.0. The number of ether oxygens (including phenoxy) is 4. The summed E-state index contributed by atoms with van der Waals surface area (Å²) in [5.74, 6) is -1.01. The predicted octanol–water partition coefficient (Wildman–Crippen LogP) is 4.45. The molecule has 1 aromatic rings. The lowest BCUT2D eigenvalue weighted by molar-refractivity contribution is -0.209. The van der Waals surface area contributed by atoms with Gasteiger partial charge < -0.3 is 18.9 Å². The highest BCUT2D eigenvalue weighted by Gasteiger charge is 2.60. The molecule has 1 saturated heterocycles. The van der Waals surface area contributed by atoms with Gasteiger partial charge in [-0.1, -0.05) is 44.2 Å². The van der Waals surface area contributed by atoms with Gasteiger partial charge in [-0.2, -0.15) is 0 Å². The summed E-state index contributed by atoms with van der Waals surface area (Å²) >= 11 is 0. The summed E-state index contributed by atoms with van der Waals surface area (Å²) < 4.78 is 23.1. The lowest BCUT2D eigenvalue weighted by Crippen LogP contribution is -2.55. The number of esters is 2. The number of hydrogen-bond donors (Lipinski definition) is 0. The highest BCUT2D eigenvalue weighted by atomic mass is 16.7. The Bertz CT molecular complexity index is 945. The molecule has 0 N–H and O–H groups in total. The Kier molecular flexibility index (Phi) is 7.24. The fourth-order valence-electron chi connectivity index (χ4n) is 5.64. The topological polar surface area (TPSA) is 88.1 Å². The zero-order valence-corrected chi connectivity index (χ0v) is 20.2. The van der Waals surface area contributed by atoms with Crippen LogP contribution in [0.3, 0.4) is 0 Å². The van der Waals surface area contributed by atoms with Crippen LogP contribution in [0.1, 0.15) is 70.5 Å². The van der Waals surface area contributed by atoms with Crippen LogP contribution in [0, 0.1) is 10.8 Å². The van der Waals surface area contributed by atoms with Crippen molar-refractivity contribution >= 4 is 17.7 Å². The first-order chi connectivity index (χ1) is 16.3. The van der Waals surface area contributed by atoms with Crippen molar-refractivity contribution in [2.24, 2.45) is 10.8 Å². The van der Waals surface area contributed by atoms with Crippen molar-refractivity contribution in [1.82, 2.24) is 0 Å². The summed E-state index contributed by atoms with van der Waals surface area (Å²) in [4.78, 5) is 39.1. The molecular weight excluding hydrogens is 436 g/mol. The molecule has 1 aliphatic heterocycles. The third-order valence-corrected chi connectivity index (χ3v) is 7.62. The fourth-order valence-corrected chi connectivity index (χ4v) is 5.64. The molecule has 1 aromatic carbocycles. The van der Waals surface area contributed by atoms with Crippen LogP contribution in [0.2, 0.25) is 0 Å². The van der Waals surface area contributed by atoms with E-state index in [9.17, 15) is 14.4 Å². The predicted molar refractivity (Wildman–Crippen MR) is 124 cm³/mol. The minimum atomic E-state index is -1.01. The van der Waals surface area contributed by atoms with Gasteiger partial charge >= 0.3 is 11.9 Å². The second-order valence-corrected chi connectivity index (χ2v) is 10.0. The number of methoxy groups -OCH3 is 1. The molecule has 4 rings (SSSR count). The number of carbonyl (C=O) groups excluding carboxylic acids is 3. The summed E-state index contributed by atoms with van der Waals surface area (Å²) in [5.41, 5.74) is -0.235. The van der Waals surface area contributed by atoms with E-state index in [1.54, 1.807) is 0 Å². The Morgan fingerprint density at radius 1 is 1.09 bits per heavy atom. The van der Waals surface area contributed by atoms with Gasteiger partial charge in [0.05, 0.1) is 12.5 Å². The molecule has 0 radical (unpaired) electrons. The molecule has 3 unspecified atom stereocenters. The molecule has 7 heteroatoms. The zero-order valence-electron chi connectivity index (χ0n) is 20.2. The van der Waals surface area contributed by atoms with Gasteiger partial charge in [0.2, 0.25) is 0 Å². The first kappa shape index (κ1) is 24.6. The number of rotatable bonds is 6. The number of allylic oxidation sites excluding steroid dienone is 1. The summed E-state index contributed by atoms with van der Waals surface area (Å²) in [6, 6.07) is 9.19. The number of ketones is 1. The molecule has 0 spiro atoms. The van der Waals surface area contributed by atoms with E-state index in [2.05, 4.69) is 0 Å². The summed E-state index contributed by atoms with van der Waals surface area (Å²) in [5, 5.41) is 0. The van der Waals surface area contributed by atoms with Crippen LogP contribution in [-0.4, -0.2) is 43.8 Å². The second kappa shape index (κ2) is 10.0. The third-order valence-electron chi connectivity index (χ3n) is 7.62. The van der Waals surface area contributed by atoms with Crippen LogP contribution in [0.5, 0.6) is 0 Å². The number of carbonyl (C=O) groups is 3. The van der Waals surface area contributed by atoms with Crippen molar-refractivity contribution in [2.45, 2.75) is 77.3 Å². The number of fused-ring (bicyclic) bond motifs is 1. The van der Waals surface area contributed by atoms with Crippen LogP contribution in [0.4, 0.5) is 0 Å². The highest BCUT2D eigenvalue weighted by molar-refractivity contribution is 5.96. The van der Waals surface area contributed by atoms with Gasteiger partial charge in [-0.05, 0) is 61.2 Å². The Labute approximate surface area is 200 Å². The van der Waals surface area contributed by atoms with Gasteiger partial charge in [-0.25, -0.2) is 4.79 Å². The van der Waals surface area contributed by atoms with Gasteiger partial charge in [0.15, 0.2) is 18.2 Å². The minimum Gasteiger partial charge on any atom is -0.468 e. The van der Waals surface area contributed by atoms with E-state index >= 15 is 0 Å². The van der Waals surface area contributed by atoms with E-state index in [0.29, 0.717) is 43.4 Å². The molecule has 3 aliphatic rings. The maximum Gasteiger partial charge on any atom is 0.340 e. The Morgan fingerprint density at radius 3 is 2.53 bits per heavy atom. The van der Waals surface area contributed by atoms with Gasteiger partial charge in [0.25, 0.3) is 0 Å². The molecule has 0 amide bonds. The van der Waals surface area contributed by atoms with E-state index in [1.807, 2.05) is 44.2 Å². The molecule has 34 heavy (non-hydrogen) atoms. The summed E-state index contributed by atoms with van der Waals surface area (Å²) in [6.45, 7) is 4.62. The summed E-state index contributed by atoms with van der Waals surface area (Å²) in [6.07, 6.45) is 3.76. The molecule has 2 aliphatic carbocycles. The van der Waals surface area contributed by atoms with Crippen LogP contribution in [-0.2, 0) is 33.3 Å². The van der Waals surface area contributed by atoms with Crippen LogP contribution in [0.25, 0.3) is 0 Å². The van der Waals surface area contributed by atoms with E-state index in [0.717, 1.165) is 12.8 Å². The fraction of sp³-hybridized carbons (Fsp3) is 0.593. The lowest BCUT2D eigenvalue weighted by atomic mass is 9.51. The quantitative estimate of drug-likeness (QED) is 0.568. The Balaban J connectivity index is 1.63. The van der Waals surface area contributed by atoms with Crippen molar-refractivity contribution in [2.75, 3.05) is 13.7 Å².